The third-order valence-electron chi connectivity index (χ3n) is 9.70. The van der Waals surface area contributed by atoms with E-state index in [9.17, 15) is 48.4 Å². The van der Waals surface area contributed by atoms with E-state index in [4.69, 9.17) is 41.8 Å². The van der Waals surface area contributed by atoms with E-state index in [2.05, 4.69) is 36.4 Å². The van der Waals surface area contributed by atoms with Crippen LogP contribution in [-0.4, -0.2) is 121 Å². The molecule has 24 nitrogen and oxygen atoms in total. The zero-order valence-electron chi connectivity index (χ0n) is 31.8. The van der Waals surface area contributed by atoms with E-state index in [1.807, 2.05) is 0 Å². The lowest BCUT2D eigenvalue weighted by atomic mass is 10.0. The van der Waals surface area contributed by atoms with Gasteiger partial charge < -0.3 is 60.4 Å². The van der Waals surface area contributed by atoms with Crippen molar-refractivity contribution in [3.63, 3.8) is 0 Å². The molecule has 61 heavy (non-hydrogen) atoms. The number of esters is 1. The zero-order chi connectivity index (χ0) is 44.2. The third-order valence-corrected chi connectivity index (χ3v) is 12.3. The van der Waals surface area contributed by atoms with Gasteiger partial charge in [-0.25, -0.2) is 29.1 Å². The third kappa shape index (κ3) is 10.9. The van der Waals surface area contributed by atoms with Crippen molar-refractivity contribution in [1.82, 2.24) is 34.4 Å². The van der Waals surface area contributed by atoms with E-state index in [1.165, 1.54) is 23.0 Å². The lowest BCUT2D eigenvalue weighted by Gasteiger charge is -2.27. The van der Waals surface area contributed by atoms with Gasteiger partial charge in [0.2, 0.25) is 5.91 Å². The topological polar surface area (TPSA) is 358 Å². The Morgan fingerprint density at radius 3 is 2.44 bits per heavy atom. The summed E-state index contributed by atoms with van der Waals surface area (Å²) in [7, 11) is -10.5. The van der Waals surface area contributed by atoms with Gasteiger partial charge in [-0.05, 0) is 43.0 Å². The van der Waals surface area contributed by atoms with Crippen LogP contribution in [0.1, 0.15) is 37.3 Å². The van der Waals surface area contributed by atoms with Crippen LogP contribution in [0.3, 0.4) is 0 Å². The first-order valence-corrected chi connectivity index (χ1v) is 21.9. The summed E-state index contributed by atoms with van der Waals surface area (Å²) in [4.78, 5) is 85.4. The molecule has 0 aliphatic carbocycles. The molecule has 6 rings (SSSR count). The van der Waals surface area contributed by atoms with Crippen LogP contribution in [0.25, 0.3) is 11.2 Å². The average molecular weight is 914 g/mol. The Labute approximate surface area is 350 Å². The number of aliphatic hydroxyl groups excluding tert-OH is 2. The number of phosphoric acid groups is 1. The van der Waals surface area contributed by atoms with Crippen molar-refractivity contribution >= 4 is 61.7 Å². The van der Waals surface area contributed by atoms with Crippen LogP contribution >= 0.6 is 27.0 Å². The molecule has 10 N–H and O–H groups in total. The van der Waals surface area contributed by atoms with Gasteiger partial charge in [-0.2, -0.15) is 4.98 Å². The Morgan fingerprint density at radius 2 is 1.74 bits per heavy atom. The molecule has 4 aromatic rings. The number of halogens is 1. The van der Waals surface area contributed by atoms with Crippen molar-refractivity contribution in [2.75, 3.05) is 24.7 Å². The standard InChI is InChI=1S/C34H42ClN9O15P2/c1-2-3-7-23(45)41-19(9-8-17-5-4-6-18(35)12-17)33(48)59-27-20(57-31(25(27)46)44-16-40-24-29(37)38-15-39-30(24)44)13-55-60(50,51)28-21(14-56-61(52,53)54)58-32(26(28)47)43-11-10-22(36)42-34(43)49/h2,4-6,10-12,15-16,19-21,25-28,31-32,46-47H,1,3,7-9,13-14H2,(H,41,45)(H,50,51)(H2,36,42,49)(H2,37,38,39)(H2,52,53,54)/t19-,20+,21?,25+,26+,27+,28+,31+,32+/m0/s1. The number of nitrogens with one attached hydrogen (secondary N) is 1. The number of phosphoric ester groups is 1. The van der Waals surface area contributed by atoms with Gasteiger partial charge in [-0.3, -0.25) is 23.0 Å². The van der Waals surface area contributed by atoms with Crippen LogP contribution in [0, 0.1) is 0 Å². The summed E-state index contributed by atoms with van der Waals surface area (Å²) in [6, 6.07) is 6.69. The number of rotatable bonds is 18. The summed E-state index contributed by atoms with van der Waals surface area (Å²) < 4.78 is 55.3. The van der Waals surface area contributed by atoms with Crippen LogP contribution < -0.4 is 22.5 Å². The van der Waals surface area contributed by atoms with Crippen molar-refractivity contribution < 1.29 is 66.9 Å². The minimum atomic E-state index is -5.28. The molecule has 27 heteroatoms. The number of ether oxygens (including phenoxy) is 3. The highest BCUT2D eigenvalue weighted by atomic mass is 35.5. The lowest BCUT2D eigenvalue weighted by molar-refractivity contribution is -0.160. The highest BCUT2D eigenvalue weighted by Gasteiger charge is 2.56. The molecule has 5 heterocycles. The van der Waals surface area contributed by atoms with Gasteiger partial charge >= 0.3 is 27.1 Å². The number of hydrogen-bond acceptors (Lipinski definition) is 18. The van der Waals surface area contributed by atoms with E-state index in [-0.39, 0.29) is 42.1 Å². The number of allylic oxidation sites excluding steroid dienone is 1. The first-order valence-electron chi connectivity index (χ1n) is 18.3. The number of nitrogens with zero attached hydrogens (tertiary/aromatic N) is 6. The van der Waals surface area contributed by atoms with Gasteiger partial charge in [-0.1, -0.05) is 29.8 Å². The predicted molar refractivity (Wildman–Crippen MR) is 211 cm³/mol. The SMILES string of the molecule is C=CCCC(=O)N[C@@H](CCc1cccc(Cl)c1)C(=O)O[C@H]1[C@@H](O)[C@H](n2cnc3c(N)ncnc32)O[C@@H]1COP(=O)(O)[C@@H]1C(COP(=O)(O)O)O[C@@H](n2ccc(N)nc2=O)[C@@H]1O. The molecule has 1 aromatic carbocycles. The van der Waals surface area contributed by atoms with E-state index >= 15 is 0 Å². The molecule has 2 unspecified atom stereocenters. The van der Waals surface area contributed by atoms with Crippen LogP contribution in [0.15, 0.2) is 66.6 Å². The Hall–Kier alpha value is -4.68. The Bertz CT molecular complexity index is 2400. The number of benzene rings is 1. The van der Waals surface area contributed by atoms with E-state index in [1.54, 1.807) is 24.3 Å². The minimum absolute atomic E-state index is 0.00683. The highest BCUT2D eigenvalue weighted by molar-refractivity contribution is 7.53. The highest BCUT2D eigenvalue weighted by Crippen LogP contribution is 2.56. The molecule has 330 valence electrons. The first-order chi connectivity index (χ1) is 28.9. The molecular weight excluding hydrogens is 872 g/mol. The maximum atomic E-state index is 14.1. The number of aryl methyl sites for hydroxylation is 1. The maximum Gasteiger partial charge on any atom is 0.469 e. The number of hydrogen-bond donors (Lipinski definition) is 8. The van der Waals surface area contributed by atoms with Crippen LogP contribution in [-0.2, 0) is 48.4 Å². The molecule has 2 aliphatic rings. The number of fused-ring (bicyclic) bond motifs is 1. The summed E-state index contributed by atoms with van der Waals surface area (Å²) in [6.45, 7) is 1.58. The van der Waals surface area contributed by atoms with Gasteiger partial charge in [0.15, 0.2) is 30.0 Å². The van der Waals surface area contributed by atoms with Gasteiger partial charge in [-0.15, -0.1) is 6.58 Å². The summed E-state index contributed by atoms with van der Waals surface area (Å²) in [6.07, 6.45) is -6.67. The van der Waals surface area contributed by atoms with Gasteiger partial charge in [0, 0.05) is 17.6 Å². The molecule has 2 saturated heterocycles. The number of carbonyl (C=O) groups is 2. The normalized spacial score (nSPS) is 25.5. The average Bonchev–Trinajstić information content (AvgIpc) is 3.87. The van der Waals surface area contributed by atoms with Crippen molar-refractivity contribution in [2.45, 2.75) is 80.4 Å². The first kappa shape index (κ1) is 45.8. The Balaban J connectivity index is 1.29. The number of aromatic nitrogens is 6. The second-order valence-corrected chi connectivity index (χ2v) is 17.5. The second kappa shape index (κ2) is 19.2. The number of aliphatic hydroxyl groups is 2. The Kier molecular flexibility index (Phi) is 14.4. The fourth-order valence-electron chi connectivity index (χ4n) is 6.81. The molecule has 0 bridgehead atoms. The molecule has 0 spiro atoms. The van der Waals surface area contributed by atoms with E-state index < -0.39 is 101 Å². The Morgan fingerprint density at radius 1 is 1.02 bits per heavy atom. The van der Waals surface area contributed by atoms with Crippen molar-refractivity contribution in [3.05, 3.63) is 82.9 Å². The van der Waals surface area contributed by atoms with E-state index in [0.717, 1.165) is 22.7 Å². The lowest BCUT2D eigenvalue weighted by Crippen LogP contribution is -2.47. The fourth-order valence-corrected chi connectivity index (χ4v) is 9.01. The largest absolute Gasteiger partial charge is 0.469 e. The monoisotopic (exact) mass is 913 g/mol. The number of nitrogens with two attached hydrogens (primary N) is 2. The molecule has 0 radical (unpaired) electrons. The van der Waals surface area contributed by atoms with Crippen molar-refractivity contribution in [1.29, 1.82) is 0 Å². The van der Waals surface area contributed by atoms with Gasteiger partial charge in [0.1, 0.15) is 53.8 Å². The van der Waals surface area contributed by atoms with Crippen molar-refractivity contribution in [2.24, 2.45) is 0 Å². The molecule has 1 amide bonds. The molecule has 2 fully saturated rings. The number of imidazole rings is 1. The minimum Gasteiger partial charge on any atom is -0.455 e. The van der Waals surface area contributed by atoms with Gasteiger partial charge in [0.05, 0.1) is 19.5 Å². The second-order valence-electron chi connectivity index (χ2n) is 13.9. The predicted octanol–water partition coefficient (Wildman–Crippen LogP) is 0.0931. The summed E-state index contributed by atoms with van der Waals surface area (Å²) in [5, 5.41) is 26.2. The fraction of sp³-hybridized carbons (Fsp3) is 0.441. The zero-order valence-corrected chi connectivity index (χ0v) is 34.3. The molecule has 3 aromatic heterocycles. The van der Waals surface area contributed by atoms with Gasteiger partial charge in [0.25, 0.3) is 0 Å². The van der Waals surface area contributed by atoms with Crippen molar-refractivity contribution in [3.8, 4) is 0 Å². The molecule has 10 atom stereocenters. The number of nitrogen functional groups attached to an aromatic ring is 2. The summed E-state index contributed by atoms with van der Waals surface area (Å²) in [5.74, 6) is -1.75. The number of carbonyl (C=O) groups excluding carboxylic acids is 2. The quantitative estimate of drug-likeness (QED) is 0.0372. The summed E-state index contributed by atoms with van der Waals surface area (Å²) >= 11 is 6.15. The smallest absolute Gasteiger partial charge is 0.455 e. The maximum absolute atomic E-state index is 14.1. The number of amides is 1. The van der Waals surface area contributed by atoms with Crippen LogP contribution in [0.2, 0.25) is 5.02 Å². The molecular formula is C34H42ClN9O15P2. The van der Waals surface area contributed by atoms with Crippen LogP contribution in [0.4, 0.5) is 11.6 Å². The van der Waals surface area contributed by atoms with Crippen LogP contribution in [0.5, 0.6) is 0 Å². The van der Waals surface area contributed by atoms with E-state index in [0.29, 0.717) is 11.4 Å². The molecule has 2 aliphatic heterocycles. The summed E-state index contributed by atoms with van der Waals surface area (Å²) in [5.41, 5.74) is 9.37. The number of anilines is 2. The molecule has 0 saturated carbocycles.